The lowest BCUT2D eigenvalue weighted by atomic mass is 9.97. The van der Waals surface area contributed by atoms with Crippen molar-refractivity contribution >= 4 is 23.8 Å². The van der Waals surface area contributed by atoms with Crippen molar-refractivity contribution in [1.29, 1.82) is 0 Å². The minimum Gasteiger partial charge on any atom is -0.480 e. The van der Waals surface area contributed by atoms with Gasteiger partial charge in [-0.3, -0.25) is 4.90 Å². The highest BCUT2D eigenvalue weighted by molar-refractivity contribution is 8.00. The Morgan fingerprint density at radius 2 is 2.00 bits per heavy atom. The summed E-state index contributed by atoms with van der Waals surface area (Å²) in [5, 5.41) is 19.0. The number of carbonyl (C=O) groups excluding carboxylic acids is 1. The Bertz CT molecular complexity index is 418. The van der Waals surface area contributed by atoms with Crippen molar-refractivity contribution in [2.45, 2.75) is 44.7 Å². The Morgan fingerprint density at radius 1 is 1.33 bits per heavy atom. The van der Waals surface area contributed by atoms with Crippen LogP contribution in [0.15, 0.2) is 0 Å². The highest BCUT2D eigenvalue weighted by atomic mass is 32.2. The second-order valence-corrected chi connectivity index (χ2v) is 7.44. The fourth-order valence-corrected chi connectivity index (χ4v) is 4.41. The topological polar surface area (TPSA) is 81.1 Å². The van der Waals surface area contributed by atoms with Crippen LogP contribution < -0.4 is 0 Å². The average molecular weight is 316 g/mol. The van der Waals surface area contributed by atoms with Crippen LogP contribution in [-0.4, -0.2) is 68.4 Å². The number of carbonyl (C=O) groups is 2. The number of thioether (sulfide) groups is 1. The van der Waals surface area contributed by atoms with Crippen molar-refractivity contribution < 1.29 is 19.8 Å². The summed E-state index contributed by atoms with van der Waals surface area (Å²) in [6.45, 7) is 6.90. The molecule has 0 aromatic rings. The SMILES string of the molecule is CC(C)C1SCC(C(=O)O)N1C(=O)N1CCC(O)C(C)C1. The summed E-state index contributed by atoms with van der Waals surface area (Å²) in [6, 6.07) is -0.957. The number of piperidine rings is 1. The van der Waals surface area contributed by atoms with Crippen LogP contribution in [0, 0.1) is 11.8 Å². The van der Waals surface area contributed by atoms with E-state index in [9.17, 15) is 19.8 Å². The van der Waals surface area contributed by atoms with Gasteiger partial charge in [0.1, 0.15) is 6.04 Å². The van der Waals surface area contributed by atoms with Gasteiger partial charge in [-0.25, -0.2) is 9.59 Å². The first kappa shape index (κ1) is 16.4. The lowest BCUT2D eigenvalue weighted by Gasteiger charge is -2.39. The molecule has 4 atom stereocenters. The Hall–Kier alpha value is -0.950. The molecule has 7 heteroatoms. The number of carboxylic acids is 1. The molecule has 2 saturated heterocycles. The van der Waals surface area contributed by atoms with Crippen LogP contribution in [0.4, 0.5) is 4.79 Å². The molecule has 2 heterocycles. The number of aliphatic carboxylic acids is 1. The molecule has 120 valence electrons. The molecular formula is C14H24N2O4S. The molecule has 0 saturated carbocycles. The van der Waals surface area contributed by atoms with E-state index in [-0.39, 0.29) is 29.3 Å². The minimum atomic E-state index is -0.941. The molecule has 0 spiro atoms. The first-order valence-corrected chi connectivity index (χ1v) is 8.47. The molecule has 2 rings (SSSR count). The van der Waals surface area contributed by atoms with Gasteiger partial charge in [-0.05, 0) is 18.3 Å². The predicted molar refractivity (Wildman–Crippen MR) is 81.1 cm³/mol. The summed E-state index contributed by atoms with van der Waals surface area (Å²) in [7, 11) is 0. The van der Waals surface area contributed by atoms with Crippen LogP contribution in [0.2, 0.25) is 0 Å². The molecule has 2 N–H and O–H groups in total. The maximum Gasteiger partial charge on any atom is 0.327 e. The summed E-state index contributed by atoms with van der Waals surface area (Å²) < 4.78 is 0. The molecule has 2 aliphatic heterocycles. The van der Waals surface area contributed by atoms with E-state index in [0.29, 0.717) is 25.3 Å². The first-order chi connectivity index (χ1) is 9.82. The Labute approximate surface area is 129 Å². The van der Waals surface area contributed by atoms with Gasteiger partial charge in [0.2, 0.25) is 0 Å². The molecule has 2 amide bonds. The molecule has 2 fully saturated rings. The van der Waals surface area contributed by atoms with Gasteiger partial charge in [0.15, 0.2) is 0 Å². The molecule has 21 heavy (non-hydrogen) atoms. The smallest absolute Gasteiger partial charge is 0.327 e. The number of aliphatic hydroxyl groups excluding tert-OH is 1. The number of urea groups is 1. The second kappa shape index (κ2) is 6.44. The fraction of sp³-hybridized carbons (Fsp3) is 0.857. The Balaban J connectivity index is 2.15. The summed E-state index contributed by atoms with van der Waals surface area (Å²) in [5.41, 5.74) is 0. The van der Waals surface area contributed by atoms with Gasteiger partial charge in [-0.1, -0.05) is 20.8 Å². The Morgan fingerprint density at radius 3 is 2.52 bits per heavy atom. The Kier molecular flexibility index (Phi) is 5.03. The number of hydrogen-bond acceptors (Lipinski definition) is 4. The third-order valence-electron chi connectivity index (χ3n) is 4.24. The summed E-state index contributed by atoms with van der Waals surface area (Å²) in [5.74, 6) is -0.269. The van der Waals surface area contributed by atoms with Gasteiger partial charge < -0.3 is 15.1 Å². The van der Waals surface area contributed by atoms with Crippen LogP contribution >= 0.6 is 11.8 Å². The highest BCUT2D eigenvalue weighted by Gasteiger charge is 2.45. The fourth-order valence-electron chi connectivity index (χ4n) is 2.94. The van der Waals surface area contributed by atoms with Crippen LogP contribution in [0.3, 0.4) is 0 Å². The number of hydrogen-bond donors (Lipinski definition) is 2. The third-order valence-corrected chi connectivity index (χ3v) is 5.86. The largest absolute Gasteiger partial charge is 0.480 e. The van der Waals surface area contributed by atoms with Gasteiger partial charge >= 0.3 is 12.0 Å². The van der Waals surface area contributed by atoms with Gasteiger partial charge in [-0.2, -0.15) is 0 Å². The van der Waals surface area contributed by atoms with Crippen molar-refractivity contribution in [3.05, 3.63) is 0 Å². The molecular weight excluding hydrogens is 292 g/mol. The zero-order chi connectivity index (χ0) is 15.7. The van der Waals surface area contributed by atoms with E-state index in [1.54, 1.807) is 4.90 Å². The minimum absolute atomic E-state index is 0.0266. The number of likely N-dealkylation sites (tertiary alicyclic amines) is 1. The highest BCUT2D eigenvalue weighted by Crippen LogP contribution is 2.35. The maximum absolute atomic E-state index is 12.8. The van der Waals surface area contributed by atoms with Crippen molar-refractivity contribution in [1.82, 2.24) is 9.80 Å². The van der Waals surface area contributed by atoms with Crippen molar-refractivity contribution in [2.75, 3.05) is 18.8 Å². The van der Waals surface area contributed by atoms with Crippen molar-refractivity contribution in [3.8, 4) is 0 Å². The van der Waals surface area contributed by atoms with E-state index in [1.807, 2.05) is 20.8 Å². The molecule has 0 aromatic heterocycles. The maximum atomic E-state index is 12.8. The van der Waals surface area contributed by atoms with Crippen LogP contribution in [-0.2, 0) is 4.79 Å². The number of nitrogens with zero attached hydrogens (tertiary/aromatic N) is 2. The summed E-state index contributed by atoms with van der Waals surface area (Å²) in [6.07, 6.45) is 0.177. The first-order valence-electron chi connectivity index (χ1n) is 7.42. The van der Waals surface area contributed by atoms with Crippen LogP contribution in [0.1, 0.15) is 27.2 Å². The van der Waals surface area contributed by atoms with E-state index < -0.39 is 12.0 Å². The van der Waals surface area contributed by atoms with Gasteiger partial charge in [0, 0.05) is 18.8 Å². The lowest BCUT2D eigenvalue weighted by molar-refractivity contribution is -0.141. The van der Waals surface area contributed by atoms with E-state index in [0.717, 1.165) is 0 Å². The standard InChI is InChI=1S/C14H24N2O4S/c1-8(2)12-16(10(7-21-12)13(18)19)14(20)15-5-4-11(17)9(3)6-15/h8-12,17H,4-7H2,1-3H3,(H,18,19). The average Bonchev–Trinajstić information content (AvgIpc) is 2.86. The zero-order valence-electron chi connectivity index (χ0n) is 12.7. The number of rotatable bonds is 2. The molecule has 0 aromatic carbocycles. The number of carboxylic acid groups (broad SMARTS) is 1. The lowest BCUT2D eigenvalue weighted by Crippen LogP contribution is -2.56. The van der Waals surface area contributed by atoms with Crippen LogP contribution in [0.25, 0.3) is 0 Å². The monoisotopic (exact) mass is 316 g/mol. The van der Waals surface area contributed by atoms with Gasteiger partial charge in [-0.15, -0.1) is 11.8 Å². The zero-order valence-corrected chi connectivity index (χ0v) is 13.5. The quantitative estimate of drug-likeness (QED) is 0.802. The molecule has 0 bridgehead atoms. The van der Waals surface area contributed by atoms with E-state index in [4.69, 9.17) is 0 Å². The summed E-state index contributed by atoms with van der Waals surface area (Å²) >= 11 is 1.54. The van der Waals surface area contributed by atoms with Crippen molar-refractivity contribution in [2.24, 2.45) is 11.8 Å². The van der Waals surface area contributed by atoms with E-state index in [2.05, 4.69) is 0 Å². The predicted octanol–water partition coefficient (Wildman–Crippen LogP) is 1.29. The summed E-state index contributed by atoms with van der Waals surface area (Å²) in [4.78, 5) is 27.4. The number of amides is 2. The molecule has 4 unspecified atom stereocenters. The van der Waals surface area contributed by atoms with E-state index in [1.165, 1.54) is 16.7 Å². The number of aliphatic hydroxyl groups is 1. The molecule has 6 nitrogen and oxygen atoms in total. The molecule has 0 aliphatic carbocycles. The third kappa shape index (κ3) is 3.29. The molecule has 2 aliphatic rings. The van der Waals surface area contributed by atoms with Gasteiger partial charge in [0.25, 0.3) is 0 Å². The van der Waals surface area contributed by atoms with E-state index >= 15 is 0 Å². The van der Waals surface area contributed by atoms with Gasteiger partial charge in [0.05, 0.1) is 11.5 Å². The molecule has 0 radical (unpaired) electrons. The normalized spacial score (nSPS) is 33.6. The van der Waals surface area contributed by atoms with Crippen molar-refractivity contribution in [3.63, 3.8) is 0 Å². The van der Waals surface area contributed by atoms with Crippen LogP contribution in [0.5, 0.6) is 0 Å². The second-order valence-electron chi connectivity index (χ2n) is 6.29.